The van der Waals surface area contributed by atoms with Gasteiger partial charge in [0.1, 0.15) is 5.78 Å². The number of aliphatic hydroxyl groups is 1. The Hall–Kier alpha value is -0.980. The maximum absolute atomic E-state index is 11.6. The Labute approximate surface area is 108 Å². The molecule has 0 heterocycles. The zero-order valence-corrected chi connectivity index (χ0v) is 11.2. The second-order valence-corrected chi connectivity index (χ2v) is 3.84. The fourth-order valence-electron chi connectivity index (χ4n) is 1.43. The van der Waals surface area contributed by atoms with Crippen LogP contribution in [0, 0.1) is 0 Å². The molecule has 0 bridgehead atoms. The summed E-state index contributed by atoms with van der Waals surface area (Å²) in [6.45, 7) is 3.80. The molecule has 0 radical (unpaired) electrons. The minimum Gasteiger partial charge on any atom is -0.466 e. The van der Waals surface area contributed by atoms with Gasteiger partial charge in [-0.05, 0) is 6.92 Å². The van der Waals surface area contributed by atoms with Crippen LogP contribution in [0.1, 0.15) is 19.8 Å². The highest BCUT2D eigenvalue weighted by Gasteiger charge is 2.12. The van der Waals surface area contributed by atoms with E-state index in [1.54, 1.807) is 18.9 Å². The van der Waals surface area contributed by atoms with Crippen molar-refractivity contribution in [2.24, 2.45) is 0 Å². The molecule has 0 aromatic heterocycles. The Morgan fingerprint density at radius 1 is 1.22 bits per heavy atom. The van der Waals surface area contributed by atoms with Gasteiger partial charge in [-0.2, -0.15) is 0 Å². The van der Waals surface area contributed by atoms with Gasteiger partial charge in [0.2, 0.25) is 0 Å². The molecule has 0 fully saturated rings. The van der Waals surface area contributed by atoms with E-state index >= 15 is 0 Å². The molecule has 0 saturated heterocycles. The lowest BCUT2D eigenvalue weighted by Crippen LogP contribution is -2.35. The maximum atomic E-state index is 11.6. The Morgan fingerprint density at radius 2 is 1.94 bits per heavy atom. The Kier molecular flexibility index (Phi) is 10.5. The highest BCUT2D eigenvalue weighted by atomic mass is 16.5. The molecule has 0 rings (SSSR count). The largest absolute Gasteiger partial charge is 0.466 e. The number of Topliss-reactive ketones (excluding diaryl/α,β-unsaturated/α-hetero) is 1. The summed E-state index contributed by atoms with van der Waals surface area (Å²) in [5.74, 6) is -0.385. The molecular weight excluding hydrogens is 238 g/mol. The van der Waals surface area contributed by atoms with Gasteiger partial charge in [-0.15, -0.1) is 0 Å². The standard InChI is InChI=1S/C12H23NO5/c1-3-18-12(16)5-4-11(15)10-13(6-8-14)7-9-17-2/h14H,3-10H2,1-2H3. The van der Waals surface area contributed by atoms with Gasteiger partial charge in [0.15, 0.2) is 0 Å². The molecule has 0 spiro atoms. The van der Waals surface area contributed by atoms with Crippen LogP contribution < -0.4 is 0 Å². The van der Waals surface area contributed by atoms with E-state index in [0.717, 1.165) is 0 Å². The Balaban J connectivity index is 3.89. The number of ether oxygens (including phenoxy) is 2. The minimum absolute atomic E-state index is 0.00509. The Bertz CT molecular complexity index is 245. The number of rotatable bonds is 11. The summed E-state index contributed by atoms with van der Waals surface area (Å²) in [6, 6.07) is 0. The van der Waals surface area contributed by atoms with E-state index in [-0.39, 0.29) is 37.7 Å². The van der Waals surface area contributed by atoms with E-state index in [0.29, 0.717) is 26.3 Å². The first-order valence-corrected chi connectivity index (χ1v) is 6.13. The number of hydrogen-bond donors (Lipinski definition) is 1. The number of hydrogen-bond acceptors (Lipinski definition) is 6. The molecule has 0 saturated carbocycles. The summed E-state index contributed by atoms with van der Waals surface area (Å²) in [4.78, 5) is 24.5. The SMILES string of the molecule is CCOC(=O)CCC(=O)CN(CCO)CCOC. The van der Waals surface area contributed by atoms with Crippen molar-refractivity contribution in [2.75, 3.05) is 46.6 Å². The number of ketones is 1. The molecule has 0 unspecified atom stereocenters. The molecule has 0 aromatic rings. The van der Waals surface area contributed by atoms with Gasteiger partial charge in [-0.25, -0.2) is 0 Å². The predicted molar refractivity (Wildman–Crippen MR) is 66.3 cm³/mol. The molecule has 0 aliphatic heterocycles. The first-order chi connectivity index (χ1) is 8.63. The maximum Gasteiger partial charge on any atom is 0.306 e. The van der Waals surface area contributed by atoms with E-state index < -0.39 is 0 Å². The van der Waals surface area contributed by atoms with Gasteiger partial charge in [0.25, 0.3) is 0 Å². The molecule has 0 amide bonds. The molecule has 6 nitrogen and oxygen atoms in total. The number of carbonyl (C=O) groups excluding carboxylic acids is 2. The van der Waals surface area contributed by atoms with Gasteiger partial charge < -0.3 is 14.6 Å². The molecule has 0 aromatic carbocycles. The summed E-state index contributed by atoms with van der Waals surface area (Å²) < 4.78 is 9.67. The first kappa shape index (κ1) is 17.0. The average molecular weight is 261 g/mol. The fourth-order valence-corrected chi connectivity index (χ4v) is 1.43. The van der Waals surface area contributed by atoms with Crippen LogP contribution in [0.25, 0.3) is 0 Å². The summed E-state index contributed by atoms with van der Waals surface area (Å²) in [5.41, 5.74) is 0. The number of aliphatic hydroxyl groups excluding tert-OH is 1. The molecule has 18 heavy (non-hydrogen) atoms. The molecule has 6 heteroatoms. The van der Waals surface area contributed by atoms with E-state index in [1.165, 1.54) is 0 Å². The number of nitrogens with zero attached hydrogens (tertiary/aromatic N) is 1. The zero-order valence-electron chi connectivity index (χ0n) is 11.2. The summed E-state index contributed by atoms with van der Waals surface area (Å²) in [7, 11) is 1.58. The Morgan fingerprint density at radius 3 is 2.50 bits per heavy atom. The van der Waals surface area contributed by atoms with E-state index in [9.17, 15) is 9.59 Å². The average Bonchev–Trinajstić information content (AvgIpc) is 2.34. The third kappa shape index (κ3) is 9.09. The highest BCUT2D eigenvalue weighted by Crippen LogP contribution is 1.98. The van der Waals surface area contributed by atoms with Crippen LogP contribution in [0.3, 0.4) is 0 Å². The van der Waals surface area contributed by atoms with Crippen LogP contribution in [-0.4, -0.2) is 68.3 Å². The van der Waals surface area contributed by atoms with Crippen molar-refractivity contribution < 1.29 is 24.2 Å². The fraction of sp³-hybridized carbons (Fsp3) is 0.833. The molecule has 1 N–H and O–H groups in total. The number of esters is 1. The van der Waals surface area contributed by atoms with Crippen molar-refractivity contribution in [3.8, 4) is 0 Å². The van der Waals surface area contributed by atoms with Crippen molar-refractivity contribution in [2.45, 2.75) is 19.8 Å². The third-order valence-corrected chi connectivity index (χ3v) is 2.34. The van der Waals surface area contributed by atoms with Crippen molar-refractivity contribution in [1.29, 1.82) is 0 Å². The van der Waals surface area contributed by atoms with Crippen LogP contribution in [0.5, 0.6) is 0 Å². The van der Waals surface area contributed by atoms with Gasteiger partial charge >= 0.3 is 5.97 Å². The minimum atomic E-state index is -0.351. The molecule has 0 atom stereocenters. The first-order valence-electron chi connectivity index (χ1n) is 6.13. The summed E-state index contributed by atoms with van der Waals surface area (Å²) >= 11 is 0. The molecule has 106 valence electrons. The van der Waals surface area contributed by atoms with Gasteiger partial charge in [-0.1, -0.05) is 0 Å². The van der Waals surface area contributed by atoms with Crippen LogP contribution in [0.15, 0.2) is 0 Å². The topological polar surface area (TPSA) is 76.1 Å². The summed E-state index contributed by atoms with van der Waals surface area (Å²) in [6.07, 6.45) is 0.289. The van der Waals surface area contributed by atoms with Crippen molar-refractivity contribution >= 4 is 11.8 Å². The second kappa shape index (κ2) is 11.1. The van der Waals surface area contributed by atoms with Crippen LogP contribution in [0.2, 0.25) is 0 Å². The van der Waals surface area contributed by atoms with Crippen molar-refractivity contribution in [3.05, 3.63) is 0 Å². The number of methoxy groups -OCH3 is 1. The predicted octanol–water partition coefficient (Wildman–Crippen LogP) is -0.160. The molecule has 0 aliphatic carbocycles. The monoisotopic (exact) mass is 261 g/mol. The van der Waals surface area contributed by atoms with E-state index in [1.807, 2.05) is 0 Å². The van der Waals surface area contributed by atoms with Crippen LogP contribution in [0.4, 0.5) is 0 Å². The summed E-state index contributed by atoms with van der Waals surface area (Å²) in [5, 5.41) is 8.87. The van der Waals surface area contributed by atoms with Gasteiger partial charge in [0.05, 0.1) is 32.8 Å². The molecular formula is C12H23NO5. The number of carbonyl (C=O) groups is 2. The highest BCUT2D eigenvalue weighted by molar-refractivity contribution is 5.84. The van der Waals surface area contributed by atoms with Crippen molar-refractivity contribution in [1.82, 2.24) is 4.90 Å². The van der Waals surface area contributed by atoms with Crippen LogP contribution in [-0.2, 0) is 19.1 Å². The zero-order chi connectivity index (χ0) is 13.8. The smallest absolute Gasteiger partial charge is 0.306 e. The van der Waals surface area contributed by atoms with E-state index in [4.69, 9.17) is 14.6 Å². The third-order valence-electron chi connectivity index (χ3n) is 2.34. The second-order valence-electron chi connectivity index (χ2n) is 3.84. The van der Waals surface area contributed by atoms with Crippen molar-refractivity contribution in [3.63, 3.8) is 0 Å². The van der Waals surface area contributed by atoms with Gasteiger partial charge in [-0.3, -0.25) is 14.5 Å². The molecule has 0 aliphatic rings. The lowest BCUT2D eigenvalue weighted by Gasteiger charge is -2.19. The quantitative estimate of drug-likeness (QED) is 0.521. The van der Waals surface area contributed by atoms with E-state index in [2.05, 4.69) is 0 Å². The van der Waals surface area contributed by atoms with Crippen LogP contribution >= 0.6 is 0 Å². The van der Waals surface area contributed by atoms with Gasteiger partial charge in [0, 0.05) is 26.6 Å². The lowest BCUT2D eigenvalue weighted by molar-refractivity contribution is -0.144. The lowest BCUT2D eigenvalue weighted by atomic mass is 10.2. The normalized spacial score (nSPS) is 10.7.